The summed E-state index contributed by atoms with van der Waals surface area (Å²) in [6.45, 7) is 8.46. The summed E-state index contributed by atoms with van der Waals surface area (Å²) >= 11 is 8.17. The minimum absolute atomic E-state index is 0.0182. The van der Waals surface area contributed by atoms with Gasteiger partial charge in [-0.3, -0.25) is 14.4 Å². The highest BCUT2D eigenvalue weighted by Crippen LogP contribution is 2.27. The Morgan fingerprint density at radius 2 is 1.91 bits per heavy atom. The summed E-state index contributed by atoms with van der Waals surface area (Å²) < 4.78 is 6.99. The highest BCUT2D eigenvalue weighted by molar-refractivity contribution is 7.13. The van der Waals surface area contributed by atoms with Crippen LogP contribution in [0.15, 0.2) is 29.6 Å². The number of hydrogen-bond acceptors (Lipinski definition) is 6. The third-order valence-electron chi connectivity index (χ3n) is 5.94. The van der Waals surface area contributed by atoms with Crippen LogP contribution < -0.4 is 4.74 Å². The fourth-order valence-corrected chi connectivity index (χ4v) is 5.15. The fraction of sp³-hybridized carbons (Fsp3) is 0.458. The summed E-state index contributed by atoms with van der Waals surface area (Å²) in [7, 11) is 1.67. The number of unbranched alkanes of at least 4 members (excludes halogenated alkanes) is 1. The topological polar surface area (TPSA) is 63.5 Å². The molecule has 0 saturated carbocycles. The Hall–Kier alpha value is -2.42. The number of aromatic nitrogens is 3. The van der Waals surface area contributed by atoms with Gasteiger partial charge in [-0.2, -0.15) is 5.10 Å². The number of benzene rings is 1. The Morgan fingerprint density at radius 1 is 1.18 bits per heavy atom. The second kappa shape index (κ2) is 10.7. The van der Waals surface area contributed by atoms with Crippen LogP contribution in [-0.2, 0) is 13.1 Å². The van der Waals surface area contributed by atoms with Crippen molar-refractivity contribution in [3.63, 3.8) is 0 Å². The summed E-state index contributed by atoms with van der Waals surface area (Å²) in [6, 6.07) is 7.97. The lowest BCUT2D eigenvalue weighted by atomic mass is 10.2. The summed E-state index contributed by atoms with van der Waals surface area (Å²) in [5.41, 5.74) is 3.40. The second-order valence-corrected chi connectivity index (χ2v) is 9.48. The van der Waals surface area contributed by atoms with Gasteiger partial charge in [0.15, 0.2) is 0 Å². The Labute approximate surface area is 203 Å². The van der Waals surface area contributed by atoms with Crippen LogP contribution in [0.3, 0.4) is 0 Å². The number of thiazole rings is 1. The molecule has 0 unspecified atom stereocenters. The summed E-state index contributed by atoms with van der Waals surface area (Å²) in [5, 5.41) is 8.07. The molecule has 4 rings (SSSR count). The molecule has 0 N–H and O–H groups in total. The molecule has 0 radical (unpaired) electrons. The molecule has 1 aliphatic rings. The first-order chi connectivity index (χ1) is 16.0. The van der Waals surface area contributed by atoms with Crippen LogP contribution in [0.1, 0.15) is 41.5 Å². The monoisotopic (exact) mass is 487 g/mol. The lowest BCUT2D eigenvalue weighted by molar-refractivity contribution is 0.0626. The first kappa shape index (κ1) is 23.7. The zero-order valence-corrected chi connectivity index (χ0v) is 21.0. The maximum atomic E-state index is 13.1. The molecule has 3 heterocycles. The van der Waals surface area contributed by atoms with E-state index in [0.717, 1.165) is 61.0 Å². The van der Waals surface area contributed by atoms with E-state index >= 15 is 0 Å². The number of rotatable bonds is 8. The van der Waals surface area contributed by atoms with Gasteiger partial charge in [0, 0.05) is 50.2 Å². The fourth-order valence-electron chi connectivity index (χ4n) is 3.99. The van der Waals surface area contributed by atoms with Gasteiger partial charge >= 0.3 is 0 Å². The first-order valence-corrected chi connectivity index (χ1v) is 12.6. The average molecular weight is 488 g/mol. The Balaban J connectivity index is 1.33. The number of methoxy groups -OCH3 is 1. The van der Waals surface area contributed by atoms with Crippen molar-refractivity contribution in [1.29, 1.82) is 0 Å². The first-order valence-electron chi connectivity index (χ1n) is 11.3. The lowest BCUT2D eigenvalue weighted by Crippen LogP contribution is -2.48. The number of halogens is 1. The zero-order valence-electron chi connectivity index (χ0n) is 19.4. The second-order valence-electron chi connectivity index (χ2n) is 8.27. The standard InChI is InChI=1S/C24H30ClN5O2S/c1-4-5-10-30-22(25)21(17(2)27-30)24(31)29-13-11-28(12-14-29)15-19-16-33-23(26-19)18-6-8-20(32-3)9-7-18/h6-9,16H,4-5,10-15H2,1-3H3. The molecule has 0 atom stereocenters. The van der Waals surface area contributed by atoms with Crippen molar-refractivity contribution < 1.29 is 9.53 Å². The van der Waals surface area contributed by atoms with Crippen molar-refractivity contribution in [1.82, 2.24) is 24.6 Å². The van der Waals surface area contributed by atoms with E-state index in [4.69, 9.17) is 21.3 Å². The molecule has 0 aliphatic carbocycles. The van der Waals surface area contributed by atoms with Gasteiger partial charge in [-0.15, -0.1) is 11.3 Å². The van der Waals surface area contributed by atoms with Gasteiger partial charge in [0.2, 0.25) is 0 Å². The van der Waals surface area contributed by atoms with Crippen molar-refractivity contribution in [2.75, 3.05) is 33.3 Å². The van der Waals surface area contributed by atoms with Crippen LogP contribution in [0.4, 0.5) is 0 Å². The zero-order chi connectivity index (χ0) is 23.4. The molecular formula is C24H30ClN5O2S. The molecule has 0 bridgehead atoms. The van der Waals surface area contributed by atoms with Gasteiger partial charge in [0.1, 0.15) is 15.9 Å². The van der Waals surface area contributed by atoms with Crippen molar-refractivity contribution in [3.8, 4) is 16.3 Å². The van der Waals surface area contributed by atoms with Gasteiger partial charge in [-0.25, -0.2) is 4.98 Å². The van der Waals surface area contributed by atoms with Gasteiger partial charge < -0.3 is 9.64 Å². The number of ether oxygens (including phenoxy) is 1. The van der Waals surface area contributed by atoms with Gasteiger partial charge in [0.05, 0.1) is 24.1 Å². The minimum atomic E-state index is -0.0182. The molecule has 1 fully saturated rings. The van der Waals surface area contributed by atoms with Crippen molar-refractivity contribution in [2.45, 2.75) is 39.8 Å². The summed E-state index contributed by atoms with van der Waals surface area (Å²) in [5.74, 6) is 0.822. The smallest absolute Gasteiger partial charge is 0.258 e. The molecule has 7 nitrogen and oxygen atoms in total. The maximum absolute atomic E-state index is 13.1. The number of hydrogen-bond donors (Lipinski definition) is 0. The highest BCUT2D eigenvalue weighted by Gasteiger charge is 2.28. The van der Waals surface area contributed by atoms with Gasteiger partial charge in [-0.05, 0) is 37.6 Å². The molecule has 0 spiro atoms. The van der Waals surface area contributed by atoms with E-state index in [1.54, 1.807) is 23.1 Å². The van der Waals surface area contributed by atoms with Crippen molar-refractivity contribution in [2.24, 2.45) is 0 Å². The molecule has 9 heteroatoms. The third kappa shape index (κ3) is 5.39. The Kier molecular flexibility index (Phi) is 7.67. The van der Waals surface area contributed by atoms with Crippen LogP contribution in [0.5, 0.6) is 5.75 Å². The molecular weight excluding hydrogens is 458 g/mol. The average Bonchev–Trinajstić information content (AvgIpc) is 3.41. The van der Waals surface area contributed by atoms with E-state index < -0.39 is 0 Å². The molecule has 1 amide bonds. The predicted molar refractivity (Wildman–Crippen MR) is 132 cm³/mol. The van der Waals surface area contributed by atoms with Crippen molar-refractivity contribution in [3.05, 3.63) is 51.7 Å². The Bertz CT molecular complexity index is 1090. The number of carbonyl (C=O) groups is 1. The van der Waals surface area contributed by atoms with E-state index in [-0.39, 0.29) is 5.91 Å². The van der Waals surface area contributed by atoms with Crippen LogP contribution in [0.25, 0.3) is 10.6 Å². The molecule has 33 heavy (non-hydrogen) atoms. The molecule has 176 valence electrons. The largest absolute Gasteiger partial charge is 0.497 e. The van der Waals surface area contributed by atoms with Crippen LogP contribution in [0, 0.1) is 6.92 Å². The third-order valence-corrected chi connectivity index (χ3v) is 7.26. The minimum Gasteiger partial charge on any atom is -0.497 e. The predicted octanol–water partition coefficient (Wildman–Crippen LogP) is 4.74. The molecule has 1 aromatic carbocycles. The van der Waals surface area contributed by atoms with Crippen LogP contribution in [0.2, 0.25) is 5.15 Å². The van der Waals surface area contributed by atoms with E-state index in [1.807, 2.05) is 36.1 Å². The molecule has 2 aromatic heterocycles. The lowest BCUT2D eigenvalue weighted by Gasteiger charge is -2.34. The van der Waals surface area contributed by atoms with E-state index in [1.165, 1.54) is 0 Å². The molecule has 1 saturated heterocycles. The van der Waals surface area contributed by atoms with Gasteiger partial charge in [0.25, 0.3) is 5.91 Å². The maximum Gasteiger partial charge on any atom is 0.258 e. The SMILES string of the molecule is CCCCn1nc(C)c(C(=O)N2CCN(Cc3csc(-c4ccc(OC)cc4)n3)CC2)c1Cl. The quantitative estimate of drug-likeness (QED) is 0.459. The summed E-state index contributed by atoms with van der Waals surface area (Å²) in [6.07, 6.45) is 2.05. The highest BCUT2D eigenvalue weighted by atomic mass is 35.5. The number of aryl methyl sites for hydroxylation is 2. The Morgan fingerprint density at radius 3 is 2.58 bits per heavy atom. The number of nitrogens with zero attached hydrogens (tertiary/aromatic N) is 5. The van der Waals surface area contributed by atoms with Crippen LogP contribution >= 0.6 is 22.9 Å². The normalized spacial score (nSPS) is 14.6. The number of carbonyl (C=O) groups excluding carboxylic acids is 1. The van der Waals surface area contributed by atoms with E-state index in [9.17, 15) is 4.79 Å². The van der Waals surface area contributed by atoms with Crippen LogP contribution in [-0.4, -0.2) is 63.8 Å². The molecule has 3 aromatic rings. The molecule has 1 aliphatic heterocycles. The van der Waals surface area contributed by atoms with E-state index in [0.29, 0.717) is 29.5 Å². The number of amides is 1. The van der Waals surface area contributed by atoms with Gasteiger partial charge in [-0.1, -0.05) is 24.9 Å². The number of piperazine rings is 1. The van der Waals surface area contributed by atoms with Crippen molar-refractivity contribution >= 4 is 28.8 Å². The van der Waals surface area contributed by atoms with E-state index in [2.05, 4.69) is 22.3 Å². The summed E-state index contributed by atoms with van der Waals surface area (Å²) in [4.78, 5) is 22.2.